The fourth-order valence-corrected chi connectivity index (χ4v) is 2.66. The van der Waals surface area contributed by atoms with E-state index in [2.05, 4.69) is 21.7 Å². The summed E-state index contributed by atoms with van der Waals surface area (Å²) >= 11 is 1.43. The van der Waals surface area contributed by atoms with E-state index in [4.69, 9.17) is 0 Å². The van der Waals surface area contributed by atoms with Crippen LogP contribution in [0.5, 0.6) is 0 Å². The van der Waals surface area contributed by atoms with E-state index in [9.17, 15) is 4.79 Å². The smallest absolute Gasteiger partial charge is 0.358 e. The second kappa shape index (κ2) is 11.2. The quantitative estimate of drug-likeness (QED) is 0.402. The summed E-state index contributed by atoms with van der Waals surface area (Å²) in [6.07, 6.45) is 0. The van der Waals surface area contributed by atoms with Crippen LogP contribution in [-0.4, -0.2) is 11.0 Å². The fraction of sp³-hybridized carbons (Fsp3) is 0.167. The molecule has 2 aromatic carbocycles. The third kappa shape index (κ3) is 5.94. The molecule has 3 rings (SSSR count). The summed E-state index contributed by atoms with van der Waals surface area (Å²) in [6.45, 7) is 5.95. The van der Waals surface area contributed by atoms with Crippen molar-refractivity contribution < 1.29 is 35.9 Å². The summed E-state index contributed by atoms with van der Waals surface area (Å²) in [6, 6.07) is 16.0. The van der Waals surface area contributed by atoms with Gasteiger partial charge in [-0.05, 0) is 24.1 Å². The number of urea groups is 1. The number of hydrogen-bond donors (Lipinski definition) is 2. The molecule has 0 atom stereocenters. The largest absolute Gasteiger partial charge is 2.00 e. The van der Waals surface area contributed by atoms with Crippen molar-refractivity contribution in [3.8, 4) is 0 Å². The third-order valence-electron chi connectivity index (χ3n) is 2.83. The maximum atomic E-state index is 11.9. The molecule has 0 unspecified atom stereocenters. The Morgan fingerprint density at radius 3 is 2.50 bits per heavy atom. The Morgan fingerprint density at radius 2 is 1.83 bits per heavy atom. The molecule has 0 bridgehead atoms. The van der Waals surface area contributed by atoms with Gasteiger partial charge in [0.2, 0.25) is 0 Å². The van der Waals surface area contributed by atoms with Gasteiger partial charge in [-0.25, -0.2) is 9.78 Å². The normalized spacial score (nSPS) is 8.96. The summed E-state index contributed by atoms with van der Waals surface area (Å²) in [5, 5.41) is 6.12. The Labute approximate surface area is 171 Å². The number of aryl methyl sites for hydroxylation is 1. The first kappa shape index (κ1) is 22.7. The van der Waals surface area contributed by atoms with Crippen molar-refractivity contribution in [1.29, 1.82) is 0 Å². The van der Waals surface area contributed by atoms with E-state index < -0.39 is 0 Å². The number of hydrogen-bond acceptors (Lipinski definition) is 3. The zero-order valence-corrected chi connectivity index (χ0v) is 19.3. The van der Waals surface area contributed by atoms with Crippen LogP contribution in [0.3, 0.4) is 0 Å². The zero-order chi connectivity index (χ0) is 15.9. The average Bonchev–Trinajstić information content (AvgIpc) is 2.93. The van der Waals surface area contributed by atoms with Gasteiger partial charge in [-0.3, -0.25) is 5.32 Å². The van der Waals surface area contributed by atoms with Crippen LogP contribution in [0.2, 0.25) is 0 Å². The molecule has 1 heterocycles. The number of carbonyl (C=O) groups is 1. The molecule has 24 heavy (non-hydrogen) atoms. The van der Waals surface area contributed by atoms with Gasteiger partial charge in [0.15, 0.2) is 5.13 Å². The van der Waals surface area contributed by atoms with E-state index in [0.29, 0.717) is 5.13 Å². The Hall–Kier alpha value is -1.35. The molecule has 1 aromatic heterocycles. The van der Waals surface area contributed by atoms with E-state index in [1.807, 2.05) is 57.2 Å². The fourth-order valence-electron chi connectivity index (χ4n) is 1.83. The first-order chi connectivity index (χ1) is 10.7. The number of nitrogens with one attached hydrogen (secondary N) is 2. The topological polar surface area (TPSA) is 54.0 Å². The summed E-state index contributed by atoms with van der Waals surface area (Å²) in [5.41, 5.74) is 2.57. The van der Waals surface area contributed by atoms with Crippen molar-refractivity contribution in [1.82, 2.24) is 4.98 Å². The molecule has 124 valence electrons. The number of anilines is 2. The minimum absolute atomic E-state index is 0. The van der Waals surface area contributed by atoms with Crippen molar-refractivity contribution >= 4 is 38.4 Å². The van der Waals surface area contributed by atoms with Gasteiger partial charge in [-0.2, -0.15) is 35.6 Å². The Kier molecular flexibility index (Phi) is 10.6. The number of rotatable bonds is 2. The van der Waals surface area contributed by atoms with Crippen molar-refractivity contribution in [2.24, 2.45) is 0 Å². The molecule has 0 saturated carbocycles. The number of carbonyl (C=O) groups excluding carboxylic acids is 1. The van der Waals surface area contributed by atoms with Gasteiger partial charge in [0, 0.05) is 5.69 Å². The molecule has 0 spiro atoms. The molecule has 2 amide bonds. The van der Waals surface area contributed by atoms with Gasteiger partial charge < -0.3 is 12.7 Å². The molecule has 0 saturated heterocycles. The molecular weight excluding hydrogens is 544 g/mol. The van der Waals surface area contributed by atoms with E-state index in [1.165, 1.54) is 11.3 Å². The summed E-state index contributed by atoms with van der Waals surface area (Å²) in [5.74, 6) is 0. The van der Waals surface area contributed by atoms with Gasteiger partial charge >= 0.3 is 37.1 Å². The summed E-state index contributed by atoms with van der Waals surface area (Å²) in [4.78, 5) is 16.3. The number of amides is 2. The standard InChI is InChI=1S/C15H12N3OS.C2H6.CH3.U/c1-10-6-2-3-7-11(10)16-14(19)18-15-17-12-8-4-5-9-13(12)20-15;1-2;;/h2-7,9H,1H3,(H2,16,17,18,19);1-2H3;1H3;/q-1;;-1;+2. The number of benzene rings is 2. The monoisotopic (exact) mass is 565 g/mol. The average molecular weight is 565 g/mol. The van der Waals surface area contributed by atoms with Crippen molar-refractivity contribution in [2.75, 3.05) is 10.6 Å². The number of fused-ring (bicyclic) bond motifs is 1. The second-order valence-electron chi connectivity index (χ2n) is 4.30. The number of thiazole rings is 1. The van der Waals surface area contributed by atoms with E-state index in [0.717, 1.165) is 21.5 Å². The van der Waals surface area contributed by atoms with Gasteiger partial charge in [-0.1, -0.05) is 36.7 Å². The predicted octanol–water partition coefficient (Wildman–Crippen LogP) is 5.53. The van der Waals surface area contributed by atoms with Crippen LogP contribution in [0.15, 0.2) is 42.5 Å². The number of nitrogens with zero attached hydrogens (tertiary/aromatic N) is 1. The first-order valence-corrected chi connectivity index (χ1v) is 7.95. The van der Waals surface area contributed by atoms with Crippen LogP contribution in [0.4, 0.5) is 15.6 Å². The van der Waals surface area contributed by atoms with Gasteiger partial charge in [-0.15, -0.1) is 0 Å². The third-order valence-corrected chi connectivity index (χ3v) is 3.77. The van der Waals surface area contributed by atoms with Crippen LogP contribution < -0.4 is 10.6 Å². The Morgan fingerprint density at radius 1 is 1.12 bits per heavy atom. The van der Waals surface area contributed by atoms with Crippen molar-refractivity contribution in [2.45, 2.75) is 20.8 Å². The van der Waals surface area contributed by atoms with Crippen LogP contribution in [-0.2, 0) is 0 Å². The molecule has 0 aliphatic carbocycles. The maximum Gasteiger partial charge on any atom is 2.00 e. The van der Waals surface area contributed by atoms with Crippen molar-refractivity contribution in [3.05, 3.63) is 61.5 Å². The number of para-hydroxylation sites is 2. The maximum absolute atomic E-state index is 11.9. The van der Waals surface area contributed by atoms with Gasteiger partial charge in [0.25, 0.3) is 0 Å². The van der Waals surface area contributed by atoms with Crippen molar-refractivity contribution in [3.63, 3.8) is 0 Å². The molecule has 3 aromatic rings. The van der Waals surface area contributed by atoms with E-state index >= 15 is 0 Å². The van der Waals surface area contributed by atoms with E-state index in [1.54, 1.807) is 6.07 Å². The Bertz CT molecular complexity index is 741. The molecule has 0 aliphatic rings. The van der Waals surface area contributed by atoms with E-state index in [-0.39, 0.29) is 44.6 Å². The van der Waals surface area contributed by atoms with Crippen LogP contribution >= 0.6 is 11.3 Å². The minimum atomic E-state index is -0.293. The molecule has 4 nitrogen and oxygen atoms in total. The molecular formula is C18H21N3OSU. The molecule has 6 heteroatoms. The molecule has 0 radical (unpaired) electrons. The second-order valence-corrected chi connectivity index (χ2v) is 5.33. The summed E-state index contributed by atoms with van der Waals surface area (Å²) in [7, 11) is 0. The Balaban J connectivity index is 0.00000128. The first-order valence-electron chi connectivity index (χ1n) is 7.13. The van der Waals surface area contributed by atoms with Crippen LogP contribution in [0, 0.1) is 51.5 Å². The zero-order valence-electron chi connectivity index (χ0n) is 14.3. The number of aromatic nitrogens is 1. The minimum Gasteiger partial charge on any atom is -0.358 e. The molecule has 0 aliphatic heterocycles. The summed E-state index contributed by atoms with van der Waals surface area (Å²) < 4.78 is 0.999. The SMILES string of the molecule is CC.Cc1ccccc1NC(=O)Nc1nc2[c-]cccc2s1.[CH3-].[U+2]. The van der Waals surface area contributed by atoms with Crippen LogP contribution in [0.25, 0.3) is 10.2 Å². The van der Waals surface area contributed by atoms with Crippen LogP contribution in [0.1, 0.15) is 19.4 Å². The molecule has 2 N–H and O–H groups in total. The van der Waals surface area contributed by atoms with Gasteiger partial charge in [0.05, 0.1) is 0 Å². The predicted molar refractivity (Wildman–Crippen MR) is 100 cm³/mol. The van der Waals surface area contributed by atoms with Gasteiger partial charge in [0.1, 0.15) is 0 Å². The molecule has 0 fully saturated rings.